The fourth-order valence-electron chi connectivity index (χ4n) is 2.76. The summed E-state index contributed by atoms with van der Waals surface area (Å²) >= 11 is 0. The van der Waals surface area contributed by atoms with Crippen molar-refractivity contribution in [3.8, 4) is 0 Å². The quantitative estimate of drug-likeness (QED) is 0.548. The topological polar surface area (TPSA) is 0 Å². The van der Waals surface area contributed by atoms with Gasteiger partial charge in [-0.3, -0.25) is 0 Å². The lowest BCUT2D eigenvalue weighted by molar-refractivity contribution is 0.452. The van der Waals surface area contributed by atoms with Gasteiger partial charge in [0, 0.05) is 0 Å². The lowest BCUT2D eigenvalue weighted by atomic mass is 9.86. The van der Waals surface area contributed by atoms with Crippen LogP contribution in [0, 0.1) is 11.8 Å². The first-order valence-electron chi connectivity index (χ1n) is 8.30. The lowest BCUT2D eigenvalue weighted by Gasteiger charge is -2.19. The van der Waals surface area contributed by atoms with E-state index < -0.39 is 0 Å². The Bertz CT molecular complexity index is 522. The molecular weight excluding hydrogens is 264 g/mol. The Kier molecular flexibility index (Phi) is 6.70. The standard InChI is InChI=1S/C22H26/c1-3-21(17-15-19-11-7-5-8-12-19)22(4-2)18-16-20-13-9-6-10-14-20/h5-18,21-22H,3-4H2,1-2H3/b17-15+,18-16+. The normalized spacial score (nSPS) is 14.5. The van der Waals surface area contributed by atoms with Crippen LogP contribution in [0.4, 0.5) is 0 Å². The Morgan fingerprint density at radius 2 is 1.00 bits per heavy atom. The summed E-state index contributed by atoms with van der Waals surface area (Å²) in [6, 6.07) is 21.1. The van der Waals surface area contributed by atoms with E-state index in [2.05, 4.69) is 98.8 Å². The molecule has 0 nitrogen and oxygen atoms in total. The smallest absolute Gasteiger partial charge is 0.0170 e. The van der Waals surface area contributed by atoms with Crippen molar-refractivity contribution >= 4 is 12.2 Å². The van der Waals surface area contributed by atoms with Crippen LogP contribution in [0.1, 0.15) is 37.8 Å². The van der Waals surface area contributed by atoms with Gasteiger partial charge in [-0.25, -0.2) is 0 Å². The Morgan fingerprint density at radius 3 is 1.32 bits per heavy atom. The van der Waals surface area contributed by atoms with E-state index in [1.54, 1.807) is 0 Å². The van der Waals surface area contributed by atoms with Crippen molar-refractivity contribution in [2.24, 2.45) is 11.8 Å². The summed E-state index contributed by atoms with van der Waals surface area (Å²) in [6.07, 6.45) is 11.6. The van der Waals surface area contributed by atoms with E-state index in [9.17, 15) is 0 Å². The van der Waals surface area contributed by atoms with Crippen molar-refractivity contribution in [2.45, 2.75) is 26.7 Å². The van der Waals surface area contributed by atoms with Crippen LogP contribution in [0.2, 0.25) is 0 Å². The molecular formula is C22H26. The molecule has 22 heavy (non-hydrogen) atoms. The fourth-order valence-corrected chi connectivity index (χ4v) is 2.76. The third kappa shape index (κ3) is 5.04. The van der Waals surface area contributed by atoms with Crippen LogP contribution in [0.15, 0.2) is 72.8 Å². The van der Waals surface area contributed by atoms with Crippen molar-refractivity contribution in [1.29, 1.82) is 0 Å². The highest BCUT2D eigenvalue weighted by atomic mass is 14.2. The highest BCUT2D eigenvalue weighted by molar-refractivity contribution is 5.51. The molecule has 0 aromatic heterocycles. The van der Waals surface area contributed by atoms with Gasteiger partial charge in [0.05, 0.1) is 0 Å². The molecule has 0 aliphatic carbocycles. The molecule has 2 aromatic rings. The van der Waals surface area contributed by atoms with Crippen molar-refractivity contribution in [3.63, 3.8) is 0 Å². The van der Waals surface area contributed by atoms with Crippen molar-refractivity contribution in [3.05, 3.63) is 83.9 Å². The van der Waals surface area contributed by atoms with E-state index in [0.29, 0.717) is 11.8 Å². The first kappa shape index (κ1) is 16.3. The third-order valence-electron chi connectivity index (χ3n) is 4.16. The average Bonchev–Trinajstić information content (AvgIpc) is 2.59. The van der Waals surface area contributed by atoms with Gasteiger partial charge in [0.25, 0.3) is 0 Å². The Balaban J connectivity index is 2.06. The van der Waals surface area contributed by atoms with Gasteiger partial charge in [-0.2, -0.15) is 0 Å². The Labute approximate surface area is 135 Å². The molecule has 2 rings (SSSR count). The molecule has 2 unspecified atom stereocenters. The second-order valence-corrected chi connectivity index (χ2v) is 5.68. The maximum atomic E-state index is 2.37. The predicted molar refractivity (Wildman–Crippen MR) is 98.5 cm³/mol. The average molecular weight is 290 g/mol. The van der Waals surface area contributed by atoms with Gasteiger partial charge in [-0.15, -0.1) is 0 Å². The zero-order chi connectivity index (χ0) is 15.6. The zero-order valence-electron chi connectivity index (χ0n) is 13.7. The predicted octanol–water partition coefficient (Wildman–Crippen LogP) is 6.47. The summed E-state index contributed by atoms with van der Waals surface area (Å²) in [5.41, 5.74) is 2.56. The molecule has 0 saturated heterocycles. The molecule has 0 fully saturated rings. The minimum Gasteiger partial charge on any atom is -0.0802 e. The zero-order valence-corrected chi connectivity index (χ0v) is 13.7. The highest BCUT2D eigenvalue weighted by Crippen LogP contribution is 2.24. The summed E-state index contributed by atoms with van der Waals surface area (Å²) in [5, 5.41) is 0. The number of hydrogen-bond donors (Lipinski definition) is 0. The summed E-state index contributed by atoms with van der Waals surface area (Å²) in [6.45, 7) is 4.55. The van der Waals surface area contributed by atoms with E-state index in [0.717, 1.165) is 0 Å². The van der Waals surface area contributed by atoms with Gasteiger partial charge >= 0.3 is 0 Å². The second kappa shape index (κ2) is 9.04. The molecule has 114 valence electrons. The molecule has 0 aliphatic rings. The number of hydrogen-bond acceptors (Lipinski definition) is 0. The second-order valence-electron chi connectivity index (χ2n) is 5.68. The maximum Gasteiger partial charge on any atom is -0.0170 e. The molecule has 0 heteroatoms. The van der Waals surface area contributed by atoms with Crippen molar-refractivity contribution in [1.82, 2.24) is 0 Å². The summed E-state index contributed by atoms with van der Waals surface area (Å²) < 4.78 is 0. The molecule has 0 aliphatic heterocycles. The molecule has 2 atom stereocenters. The molecule has 0 amide bonds. The summed E-state index contributed by atoms with van der Waals surface area (Å²) in [5.74, 6) is 1.18. The van der Waals surface area contributed by atoms with E-state index in [1.807, 2.05) is 0 Å². The largest absolute Gasteiger partial charge is 0.0802 e. The number of benzene rings is 2. The first-order chi connectivity index (χ1) is 10.8. The molecule has 0 saturated carbocycles. The SMILES string of the molecule is CCC(/C=C/c1ccccc1)C(/C=C/c1ccccc1)CC. The van der Waals surface area contributed by atoms with E-state index in [1.165, 1.54) is 24.0 Å². The molecule has 0 bridgehead atoms. The van der Waals surface area contributed by atoms with Crippen LogP contribution in [0.3, 0.4) is 0 Å². The first-order valence-corrected chi connectivity index (χ1v) is 8.30. The van der Waals surface area contributed by atoms with Crippen LogP contribution < -0.4 is 0 Å². The van der Waals surface area contributed by atoms with E-state index in [4.69, 9.17) is 0 Å². The summed E-state index contributed by atoms with van der Waals surface area (Å²) in [4.78, 5) is 0. The van der Waals surface area contributed by atoms with Gasteiger partial charge in [0.15, 0.2) is 0 Å². The van der Waals surface area contributed by atoms with Crippen LogP contribution in [-0.2, 0) is 0 Å². The Morgan fingerprint density at radius 1 is 0.636 bits per heavy atom. The highest BCUT2D eigenvalue weighted by Gasteiger charge is 2.12. The minimum atomic E-state index is 0.588. The Hall–Kier alpha value is -2.08. The minimum absolute atomic E-state index is 0.588. The van der Waals surface area contributed by atoms with Crippen molar-refractivity contribution in [2.75, 3.05) is 0 Å². The van der Waals surface area contributed by atoms with Crippen LogP contribution in [0.25, 0.3) is 12.2 Å². The van der Waals surface area contributed by atoms with Crippen molar-refractivity contribution < 1.29 is 0 Å². The molecule has 0 spiro atoms. The molecule has 0 N–H and O–H groups in total. The summed E-state index contributed by atoms with van der Waals surface area (Å²) in [7, 11) is 0. The van der Waals surface area contributed by atoms with E-state index >= 15 is 0 Å². The van der Waals surface area contributed by atoms with Gasteiger partial charge < -0.3 is 0 Å². The van der Waals surface area contributed by atoms with Gasteiger partial charge in [0.1, 0.15) is 0 Å². The number of rotatable bonds is 7. The van der Waals surface area contributed by atoms with E-state index in [-0.39, 0.29) is 0 Å². The van der Waals surface area contributed by atoms with Gasteiger partial charge in [-0.05, 0) is 35.8 Å². The third-order valence-corrected chi connectivity index (χ3v) is 4.16. The molecule has 0 heterocycles. The van der Waals surface area contributed by atoms with Crippen LogP contribution >= 0.6 is 0 Å². The maximum absolute atomic E-state index is 2.37. The fraction of sp³-hybridized carbons (Fsp3) is 0.273. The number of allylic oxidation sites excluding steroid dienone is 2. The molecule has 0 radical (unpaired) electrons. The van der Waals surface area contributed by atoms with Gasteiger partial charge in [0.2, 0.25) is 0 Å². The van der Waals surface area contributed by atoms with Crippen LogP contribution in [0.5, 0.6) is 0 Å². The molecule has 2 aromatic carbocycles. The monoisotopic (exact) mass is 290 g/mol. The lowest BCUT2D eigenvalue weighted by Crippen LogP contribution is -2.08. The van der Waals surface area contributed by atoms with Crippen LogP contribution in [-0.4, -0.2) is 0 Å². The van der Waals surface area contributed by atoms with Gasteiger partial charge in [-0.1, -0.05) is 98.8 Å².